The minimum Gasteiger partial charge on any atom is -0.494 e. The van der Waals surface area contributed by atoms with Crippen molar-refractivity contribution < 1.29 is 28.3 Å². The molecule has 38 heavy (non-hydrogen) atoms. The van der Waals surface area contributed by atoms with Crippen molar-refractivity contribution in [2.24, 2.45) is 5.73 Å². The van der Waals surface area contributed by atoms with Gasteiger partial charge in [-0.15, -0.1) is 0 Å². The third-order valence-electron chi connectivity index (χ3n) is 7.17. The number of fused-ring (bicyclic) bond motifs is 1. The Labute approximate surface area is 227 Å². The van der Waals surface area contributed by atoms with Crippen LogP contribution in [-0.2, 0) is 20.5 Å². The molecule has 1 fully saturated rings. The molecule has 2 aliphatic rings. The number of carbonyl (C=O) groups is 1. The molecule has 0 aromatic heterocycles. The Bertz CT molecular complexity index is 1340. The van der Waals surface area contributed by atoms with E-state index in [-0.39, 0.29) is 6.79 Å². The fraction of sp³-hybridized carbons (Fsp3) is 0.345. The summed E-state index contributed by atoms with van der Waals surface area (Å²) in [5.41, 5.74) is 9.20. The average molecular weight is 554 g/mol. The molecule has 1 amide bonds. The quantitative estimate of drug-likeness (QED) is 0.238. The maximum atomic E-state index is 13.7. The van der Waals surface area contributed by atoms with Gasteiger partial charge in [0.05, 0.1) is 6.61 Å². The van der Waals surface area contributed by atoms with Gasteiger partial charge in [-0.25, -0.2) is 0 Å². The van der Waals surface area contributed by atoms with Gasteiger partial charge < -0.3 is 29.2 Å². The Balaban J connectivity index is 1.13. The highest BCUT2D eigenvalue weighted by atomic mass is 32.7. The van der Waals surface area contributed by atoms with Crippen LogP contribution < -0.4 is 19.9 Å². The number of nitrogens with two attached hydrogens (primary N) is 1. The van der Waals surface area contributed by atoms with Crippen molar-refractivity contribution in [3.63, 3.8) is 0 Å². The summed E-state index contributed by atoms with van der Waals surface area (Å²) in [5, 5.41) is -1.02. The molecule has 1 unspecified atom stereocenters. The van der Waals surface area contributed by atoms with Gasteiger partial charge in [0.15, 0.2) is 17.8 Å². The van der Waals surface area contributed by atoms with Gasteiger partial charge in [-0.2, -0.15) is 0 Å². The van der Waals surface area contributed by atoms with Crippen molar-refractivity contribution in [3.8, 4) is 28.4 Å². The van der Waals surface area contributed by atoms with Gasteiger partial charge in [0.25, 0.3) is 0 Å². The fourth-order valence-electron chi connectivity index (χ4n) is 4.90. The minimum atomic E-state index is -2.97. The van der Waals surface area contributed by atoms with Crippen molar-refractivity contribution in [1.29, 1.82) is 0 Å². The second-order valence-corrected chi connectivity index (χ2v) is 15.5. The number of hydrogen-bond acceptors (Lipinski definition) is 7. The highest BCUT2D eigenvalue weighted by Crippen LogP contribution is 2.70. The van der Waals surface area contributed by atoms with Gasteiger partial charge in [-0.3, -0.25) is 4.79 Å². The van der Waals surface area contributed by atoms with E-state index in [0.29, 0.717) is 32.7 Å². The van der Waals surface area contributed by atoms with E-state index in [0.717, 1.165) is 46.1 Å². The molecule has 7 nitrogen and oxygen atoms in total. The third kappa shape index (κ3) is 5.73. The SMILES string of the molecule is CP(=O)(Sc1ccc(OCCCc2cccc(-c3ccc4c(c3)OCO4)c2)cc1)C1(C(N)=O)CCOCC1. The van der Waals surface area contributed by atoms with Gasteiger partial charge in [-0.1, -0.05) is 41.7 Å². The van der Waals surface area contributed by atoms with E-state index in [1.165, 1.54) is 16.9 Å². The second kappa shape index (κ2) is 11.4. The summed E-state index contributed by atoms with van der Waals surface area (Å²) < 4.78 is 35.9. The molecule has 3 aromatic carbocycles. The molecular formula is C29H32NO6PS. The molecule has 5 rings (SSSR count). The van der Waals surface area contributed by atoms with E-state index in [9.17, 15) is 9.36 Å². The monoisotopic (exact) mass is 553 g/mol. The lowest BCUT2D eigenvalue weighted by Crippen LogP contribution is -2.47. The van der Waals surface area contributed by atoms with Crippen molar-refractivity contribution in [2.45, 2.75) is 35.7 Å². The number of ether oxygens (including phenoxy) is 4. The largest absolute Gasteiger partial charge is 0.494 e. The summed E-state index contributed by atoms with van der Waals surface area (Å²) in [6, 6.07) is 22.0. The molecule has 0 bridgehead atoms. The summed E-state index contributed by atoms with van der Waals surface area (Å²) in [6.45, 7) is 3.32. The summed E-state index contributed by atoms with van der Waals surface area (Å²) in [5.74, 6) is 1.82. The number of carbonyl (C=O) groups excluding carboxylic acids is 1. The van der Waals surface area contributed by atoms with E-state index in [1.807, 2.05) is 42.5 Å². The molecule has 1 atom stereocenters. The number of hydrogen-bond donors (Lipinski definition) is 1. The van der Waals surface area contributed by atoms with Crippen LogP contribution in [0.5, 0.6) is 17.2 Å². The highest BCUT2D eigenvalue weighted by molar-refractivity contribution is 8.58. The standard InChI is InChI=1S/C29H32NO6PS/c1-37(32,29(28(30)31)13-16-33-17-14-29)38-25-10-8-24(9-11-25)34-15-3-5-21-4-2-6-22(18-21)23-7-12-26-27(19-23)36-20-35-26/h2,4,6-12,18-19H,3,5,13-17,20H2,1H3,(H2,30,31). The predicted molar refractivity (Wildman–Crippen MR) is 150 cm³/mol. The Morgan fingerprint density at radius 2 is 1.74 bits per heavy atom. The average Bonchev–Trinajstić information content (AvgIpc) is 3.40. The minimum absolute atomic E-state index is 0.269. The summed E-state index contributed by atoms with van der Waals surface area (Å²) in [7, 11) is 0. The van der Waals surface area contributed by atoms with Crippen LogP contribution in [0.25, 0.3) is 11.1 Å². The Hall–Kier alpha value is -2.93. The van der Waals surface area contributed by atoms with Crippen molar-refractivity contribution in [3.05, 3.63) is 72.3 Å². The smallest absolute Gasteiger partial charge is 0.232 e. The number of rotatable bonds is 10. The van der Waals surface area contributed by atoms with Crippen LogP contribution in [-0.4, -0.2) is 44.3 Å². The molecule has 0 radical (unpaired) electrons. The predicted octanol–water partition coefficient (Wildman–Crippen LogP) is 6.13. The van der Waals surface area contributed by atoms with E-state index in [4.69, 9.17) is 24.7 Å². The van der Waals surface area contributed by atoms with Crippen LogP contribution in [0.15, 0.2) is 71.6 Å². The van der Waals surface area contributed by atoms with Crippen LogP contribution >= 0.6 is 17.7 Å². The van der Waals surface area contributed by atoms with Crippen LogP contribution in [0.3, 0.4) is 0 Å². The van der Waals surface area contributed by atoms with Crippen molar-refractivity contribution >= 4 is 23.6 Å². The zero-order valence-corrected chi connectivity index (χ0v) is 23.1. The van der Waals surface area contributed by atoms with E-state index < -0.39 is 17.4 Å². The molecule has 0 spiro atoms. The summed E-state index contributed by atoms with van der Waals surface area (Å²) in [6.07, 6.45) is -0.427. The van der Waals surface area contributed by atoms with Gasteiger partial charge >= 0.3 is 0 Å². The molecule has 200 valence electrons. The van der Waals surface area contributed by atoms with Crippen molar-refractivity contribution in [2.75, 3.05) is 33.3 Å². The number of primary amides is 1. The van der Waals surface area contributed by atoms with Gasteiger partial charge in [0, 0.05) is 18.1 Å². The molecule has 2 aliphatic heterocycles. The first-order valence-corrected chi connectivity index (χ1v) is 16.3. The molecular weight excluding hydrogens is 521 g/mol. The zero-order valence-electron chi connectivity index (χ0n) is 21.4. The fourth-order valence-corrected chi connectivity index (χ4v) is 10.0. The first-order valence-electron chi connectivity index (χ1n) is 12.7. The Kier molecular flexibility index (Phi) is 8.03. The maximum absolute atomic E-state index is 13.7. The van der Waals surface area contributed by atoms with E-state index >= 15 is 0 Å². The third-order valence-corrected chi connectivity index (χ3v) is 13.0. The number of aryl methyl sites for hydroxylation is 1. The van der Waals surface area contributed by atoms with Gasteiger partial charge in [0.1, 0.15) is 10.9 Å². The lowest BCUT2D eigenvalue weighted by molar-refractivity contribution is -0.122. The Morgan fingerprint density at radius 1 is 1.00 bits per heavy atom. The lowest BCUT2D eigenvalue weighted by atomic mass is 9.98. The maximum Gasteiger partial charge on any atom is 0.232 e. The normalized spacial score (nSPS) is 17.5. The van der Waals surface area contributed by atoms with E-state index in [1.54, 1.807) is 6.66 Å². The molecule has 9 heteroatoms. The molecule has 2 heterocycles. The molecule has 3 aromatic rings. The van der Waals surface area contributed by atoms with Crippen LogP contribution in [0.2, 0.25) is 0 Å². The van der Waals surface area contributed by atoms with Crippen molar-refractivity contribution in [1.82, 2.24) is 0 Å². The topological polar surface area (TPSA) is 97.1 Å². The molecule has 0 saturated carbocycles. The van der Waals surface area contributed by atoms with Crippen LogP contribution in [0.1, 0.15) is 24.8 Å². The first-order chi connectivity index (χ1) is 18.4. The number of benzene rings is 3. The van der Waals surface area contributed by atoms with Gasteiger partial charge in [0.2, 0.25) is 12.7 Å². The number of amides is 1. The highest BCUT2D eigenvalue weighted by Gasteiger charge is 2.51. The molecule has 2 N–H and O–H groups in total. The summed E-state index contributed by atoms with van der Waals surface area (Å²) in [4.78, 5) is 13.1. The van der Waals surface area contributed by atoms with E-state index in [2.05, 4.69) is 24.3 Å². The molecule has 0 aliphatic carbocycles. The van der Waals surface area contributed by atoms with Gasteiger partial charge in [-0.05, 0) is 85.4 Å². The second-order valence-electron chi connectivity index (χ2n) is 9.64. The summed E-state index contributed by atoms with van der Waals surface area (Å²) >= 11 is 1.25. The lowest BCUT2D eigenvalue weighted by Gasteiger charge is -2.38. The first kappa shape index (κ1) is 26.7. The zero-order chi connectivity index (χ0) is 26.6. The Morgan fingerprint density at radius 3 is 2.50 bits per heavy atom. The molecule has 1 saturated heterocycles. The van der Waals surface area contributed by atoms with Crippen LogP contribution in [0.4, 0.5) is 0 Å². The van der Waals surface area contributed by atoms with Crippen LogP contribution in [0, 0.1) is 0 Å².